The number of nitrogens with one attached hydrogen (secondary N) is 1. The van der Waals surface area contributed by atoms with Crippen LogP contribution in [0.1, 0.15) is 12.8 Å². The molecular weight excluding hydrogens is 261 g/mol. The summed E-state index contributed by atoms with van der Waals surface area (Å²) in [6.07, 6.45) is 2.14. The van der Waals surface area contributed by atoms with Crippen LogP contribution in [0.15, 0.2) is 27.7 Å². The normalized spacial score (nSPS) is 16.5. The highest BCUT2D eigenvalue weighted by Gasteiger charge is 2.20. The van der Waals surface area contributed by atoms with Crippen molar-refractivity contribution in [2.45, 2.75) is 18.9 Å². The summed E-state index contributed by atoms with van der Waals surface area (Å²) in [4.78, 5) is 4.16. The topological polar surface area (TPSA) is 50.4 Å². The smallest absolute Gasteiger partial charge is 0.193 e. The Morgan fingerprint density at radius 2 is 2.27 bits per heavy atom. The summed E-state index contributed by atoms with van der Waals surface area (Å²) in [6.45, 7) is 0. The van der Waals surface area contributed by atoms with E-state index < -0.39 is 0 Å². The highest BCUT2D eigenvalue weighted by molar-refractivity contribution is 9.10. The van der Waals surface area contributed by atoms with Crippen LogP contribution in [0.2, 0.25) is 0 Å². The molecule has 0 spiro atoms. The van der Waals surface area contributed by atoms with Crippen molar-refractivity contribution in [2.24, 2.45) is 10.7 Å². The van der Waals surface area contributed by atoms with Gasteiger partial charge in [0.2, 0.25) is 0 Å². The highest BCUT2D eigenvalue weighted by Crippen LogP contribution is 2.26. The van der Waals surface area contributed by atoms with Crippen molar-refractivity contribution in [3.63, 3.8) is 0 Å². The minimum absolute atomic E-state index is 0.267. The third kappa shape index (κ3) is 2.68. The molecule has 1 aromatic rings. The van der Waals surface area contributed by atoms with Gasteiger partial charge in [0.15, 0.2) is 5.96 Å². The van der Waals surface area contributed by atoms with E-state index in [9.17, 15) is 4.39 Å². The summed E-state index contributed by atoms with van der Waals surface area (Å²) in [7, 11) is 0. The number of nitrogens with two attached hydrogens (primary N) is 1. The molecule has 1 aliphatic rings. The zero-order valence-corrected chi connectivity index (χ0v) is 9.59. The zero-order valence-electron chi connectivity index (χ0n) is 8.00. The Balaban J connectivity index is 2.15. The molecular formula is C10H11BrFN3. The van der Waals surface area contributed by atoms with Gasteiger partial charge in [-0.25, -0.2) is 9.38 Å². The lowest BCUT2D eigenvalue weighted by atomic mass is 10.3. The van der Waals surface area contributed by atoms with Crippen molar-refractivity contribution in [2.75, 3.05) is 5.32 Å². The number of guanidine groups is 1. The number of halogens is 2. The standard InChI is InChI=1S/C10H11BrFN3/c11-7-2-1-3-8(12)9(7)15-10(13)14-6-4-5-6/h1-3,6H,4-5H2,(H3,13,14,15). The van der Waals surface area contributed by atoms with Crippen LogP contribution in [0.25, 0.3) is 0 Å². The number of aliphatic imine (C=N–C) groups is 1. The first kappa shape index (κ1) is 10.4. The molecule has 3 N–H and O–H groups in total. The second kappa shape index (κ2) is 4.18. The van der Waals surface area contributed by atoms with Crippen LogP contribution in [0.3, 0.4) is 0 Å². The average Bonchev–Trinajstić information content (AvgIpc) is 2.95. The second-order valence-electron chi connectivity index (χ2n) is 3.47. The summed E-state index contributed by atoms with van der Waals surface area (Å²) in [5, 5.41) is 2.76. The van der Waals surface area contributed by atoms with Gasteiger partial charge in [-0.05, 0) is 40.9 Å². The Labute approximate surface area is 95.7 Å². The Hall–Kier alpha value is -1.10. The summed E-state index contributed by atoms with van der Waals surface area (Å²) < 4.78 is 14.0. The molecule has 3 nitrogen and oxygen atoms in total. The van der Waals surface area contributed by atoms with E-state index in [-0.39, 0.29) is 11.8 Å². The quantitative estimate of drug-likeness (QED) is 0.642. The van der Waals surface area contributed by atoms with Crippen molar-refractivity contribution in [1.82, 2.24) is 0 Å². The van der Waals surface area contributed by atoms with Crippen LogP contribution in [0, 0.1) is 5.82 Å². The van der Waals surface area contributed by atoms with E-state index in [1.165, 1.54) is 6.07 Å². The molecule has 0 aromatic heterocycles. The van der Waals surface area contributed by atoms with Crippen LogP contribution >= 0.6 is 15.9 Å². The van der Waals surface area contributed by atoms with Crippen LogP contribution in [0.5, 0.6) is 0 Å². The number of anilines is 1. The van der Waals surface area contributed by atoms with Crippen molar-refractivity contribution >= 4 is 27.6 Å². The predicted molar refractivity (Wildman–Crippen MR) is 62.4 cm³/mol. The fourth-order valence-electron chi connectivity index (χ4n) is 1.18. The highest BCUT2D eigenvalue weighted by atomic mass is 79.9. The fraction of sp³-hybridized carbons (Fsp3) is 0.300. The van der Waals surface area contributed by atoms with Gasteiger partial charge in [-0.2, -0.15) is 0 Å². The molecule has 1 fully saturated rings. The number of para-hydroxylation sites is 1. The van der Waals surface area contributed by atoms with Crippen molar-refractivity contribution in [1.29, 1.82) is 0 Å². The number of nitrogens with zero attached hydrogens (tertiary/aromatic N) is 1. The van der Waals surface area contributed by atoms with E-state index in [0.717, 1.165) is 12.8 Å². The minimum atomic E-state index is -0.349. The molecule has 0 saturated heterocycles. The second-order valence-corrected chi connectivity index (χ2v) is 4.32. The third-order valence-corrected chi connectivity index (χ3v) is 2.75. The largest absolute Gasteiger partial charge is 0.370 e. The monoisotopic (exact) mass is 271 g/mol. The van der Waals surface area contributed by atoms with Crippen molar-refractivity contribution in [3.05, 3.63) is 28.5 Å². The van der Waals surface area contributed by atoms with Gasteiger partial charge in [0.25, 0.3) is 0 Å². The minimum Gasteiger partial charge on any atom is -0.370 e. The molecule has 1 saturated carbocycles. The van der Waals surface area contributed by atoms with Crippen molar-refractivity contribution in [3.8, 4) is 0 Å². The van der Waals surface area contributed by atoms with E-state index in [4.69, 9.17) is 5.73 Å². The van der Waals surface area contributed by atoms with Gasteiger partial charge in [0, 0.05) is 4.47 Å². The Bertz CT molecular complexity index is 381. The maximum Gasteiger partial charge on any atom is 0.193 e. The Kier molecular flexibility index (Phi) is 2.90. The lowest BCUT2D eigenvalue weighted by molar-refractivity contribution is 0.631. The predicted octanol–water partition coefficient (Wildman–Crippen LogP) is 2.48. The number of benzene rings is 1. The molecule has 80 valence electrons. The molecule has 1 aromatic carbocycles. The van der Waals surface area contributed by atoms with Crippen LogP contribution < -0.4 is 11.1 Å². The van der Waals surface area contributed by atoms with Gasteiger partial charge in [-0.1, -0.05) is 6.07 Å². The molecule has 1 aliphatic carbocycles. The third-order valence-electron chi connectivity index (χ3n) is 2.08. The van der Waals surface area contributed by atoms with Crippen LogP contribution in [-0.2, 0) is 0 Å². The average molecular weight is 272 g/mol. The molecule has 0 bridgehead atoms. The summed E-state index contributed by atoms with van der Waals surface area (Å²) in [5.41, 5.74) is 5.97. The first-order valence-electron chi connectivity index (χ1n) is 4.71. The number of hydrogen-bond donors (Lipinski definition) is 2. The van der Waals surface area contributed by atoms with Gasteiger partial charge in [0.1, 0.15) is 5.82 Å². The van der Waals surface area contributed by atoms with E-state index >= 15 is 0 Å². The Morgan fingerprint density at radius 3 is 2.87 bits per heavy atom. The van der Waals surface area contributed by atoms with Gasteiger partial charge < -0.3 is 11.1 Å². The van der Waals surface area contributed by atoms with Gasteiger partial charge >= 0.3 is 0 Å². The molecule has 15 heavy (non-hydrogen) atoms. The Morgan fingerprint density at radius 1 is 1.53 bits per heavy atom. The van der Waals surface area contributed by atoms with E-state index in [1.54, 1.807) is 12.1 Å². The number of hydrogen-bond acceptors (Lipinski definition) is 1. The lowest BCUT2D eigenvalue weighted by Crippen LogP contribution is -2.23. The molecule has 0 unspecified atom stereocenters. The molecule has 0 aliphatic heterocycles. The summed E-state index contributed by atoms with van der Waals surface area (Å²) in [6, 6.07) is 5.06. The molecule has 0 heterocycles. The summed E-state index contributed by atoms with van der Waals surface area (Å²) in [5.74, 6) is -0.0818. The lowest BCUT2D eigenvalue weighted by Gasteiger charge is -2.08. The zero-order chi connectivity index (χ0) is 10.8. The summed E-state index contributed by atoms with van der Waals surface area (Å²) >= 11 is 3.24. The maximum absolute atomic E-state index is 13.4. The SMILES string of the molecule is NC(=NC1CC1)Nc1c(F)cccc1Br. The van der Waals surface area contributed by atoms with Crippen molar-refractivity contribution < 1.29 is 4.39 Å². The number of rotatable bonds is 2. The molecule has 0 radical (unpaired) electrons. The van der Waals surface area contributed by atoms with E-state index in [0.29, 0.717) is 16.2 Å². The van der Waals surface area contributed by atoms with Gasteiger partial charge in [-0.3, -0.25) is 0 Å². The van der Waals surface area contributed by atoms with E-state index in [2.05, 4.69) is 26.2 Å². The van der Waals surface area contributed by atoms with Gasteiger partial charge in [-0.15, -0.1) is 0 Å². The maximum atomic E-state index is 13.4. The molecule has 0 atom stereocenters. The first-order chi connectivity index (χ1) is 7.16. The molecule has 5 heteroatoms. The van der Waals surface area contributed by atoms with Crippen LogP contribution in [-0.4, -0.2) is 12.0 Å². The fourth-order valence-corrected chi connectivity index (χ4v) is 1.62. The molecule has 0 amide bonds. The van der Waals surface area contributed by atoms with Crippen LogP contribution in [0.4, 0.5) is 10.1 Å². The van der Waals surface area contributed by atoms with Gasteiger partial charge in [0.05, 0.1) is 11.7 Å². The molecule has 2 rings (SSSR count). The first-order valence-corrected chi connectivity index (χ1v) is 5.50. The van der Waals surface area contributed by atoms with E-state index in [1.807, 2.05) is 0 Å².